The van der Waals surface area contributed by atoms with Crippen molar-refractivity contribution < 1.29 is 4.79 Å². The maximum Gasteiger partial charge on any atom is 0.239 e. The predicted octanol–water partition coefficient (Wildman–Crippen LogP) is 2.83. The Morgan fingerprint density at radius 1 is 1.26 bits per heavy atom. The van der Waals surface area contributed by atoms with Crippen LogP contribution in [0.2, 0.25) is 0 Å². The van der Waals surface area contributed by atoms with Crippen LogP contribution >= 0.6 is 22.7 Å². The van der Waals surface area contributed by atoms with Crippen LogP contribution in [0, 0.1) is 0 Å². The fourth-order valence-electron chi connectivity index (χ4n) is 1.96. The summed E-state index contributed by atoms with van der Waals surface area (Å²) in [6.45, 7) is 0.297. The average molecular weight is 345 g/mol. The molecule has 0 aromatic carbocycles. The van der Waals surface area contributed by atoms with Gasteiger partial charge in [0, 0.05) is 17.6 Å². The fraction of sp³-hybridized carbons (Fsp3) is 0.200. The van der Waals surface area contributed by atoms with Gasteiger partial charge in [0.05, 0.1) is 17.1 Å². The summed E-state index contributed by atoms with van der Waals surface area (Å²) in [4.78, 5) is 28.1. The van der Waals surface area contributed by atoms with Crippen molar-refractivity contribution in [3.63, 3.8) is 0 Å². The third kappa shape index (κ3) is 3.98. The van der Waals surface area contributed by atoms with Gasteiger partial charge < -0.3 is 10.2 Å². The molecular weight excluding hydrogens is 330 g/mol. The third-order valence-electron chi connectivity index (χ3n) is 2.85. The zero-order valence-corrected chi connectivity index (χ0v) is 14.3. The van der Waals surface area contributed by atoms with Crippen molar-refractivity contribution in [3.8, 4) is 21.4 Å². The lowest BCUT2D eigenvalue weighted by Crippen LogP contribution is -2.27. The summed E-state index contributed by atoms with van der Waals surface area (Å²) in [6, 6.07) is 5.75. The minimum atomic E-state index is -0.115. The van der Waals surface area contributed by atoms with Crippen molar-refractivity contribution in [2.45, 2.75) is 0 Å². The molecule has 3 aromatic heterocycles. The number of rotatable bonds is 5. The average Bonchev–Trinajstić information content (AvgIpc) is 3.20. The number of carbonyl (C=O) groups excluding carboxylic acids is 1. The van der Waals surface area contributed by atoms with Crippen LogP contribution in [0.25, 0.3) is 21.4 Å². The molecule has 8 heteroatoms. The van der Waals surface area contributed by atoms with E-state index in [1.54, 1.807) is 28.5 Å². The lowest BCUT2D eigenvalue weighted by molar-refractivity contribution is -0.116. The van der Waals surface area contributed by atoms with Crippen LogP contribution in [0.1, 0.15) is 0 Å². The van der Waals surface area contributed by atoms with Crippen LogP contribution in [-0.2, 0) is 4.79 Å². The first kappa shape index (κ1) is 15.7. The van der Waals surface area contributed by atoms with Crippen molar-refractivity contribution in [2.75, 3.05) is 26.0 Å². The van der Waals surface area contributed by atoms with E-state index in [-0.39, 0.29) is 5.91 Å². The Kier molecular flexibility index (Phi) is 4.75. The highest BCUT2D eigenvalue weighted by molar-refractivity contribution is 7.13. The lowest BCUT2D eigenvalue weighted by atomic mass is 10.3. The maximum atomic E-state index is 12.0. The van der Waals surface area contributed by atoms with Gasteiger partial charge in [0.25, 0.3) is 0 Å². The van der Waals surface area contributed by atoms with Crippen molar-refractivity contribution in [1.82, 2.24) is 19.9 Å². The van der Waals surface area contributed by atoms with Gasteiger partial charge in [-0.05, 0) is 25.5 Å². The van der Waals surface area contributed by atoms with Gasteiger partial charge in [-0.2, -0.15) is 0 Å². The van der Waals surface area contributed by atoms with E-state index < -0.39 is 0 Å². The molecule has 0 radical (unpaired) electrons. The van der Waals surface area contributed by atoms with E-state index in [2.05, 4.69) is 20.3 Å². The Morgan fingerprint density at radius 3 is 2.78 bits per heavy atom. The monoisotopic (exact) mass is 345 g/mol. The number of thiazole rings is 1. The SMILES string of the molecule is CN(C)CC(=O)Nc1cc(-c2cccs2)nc(-c2nccs2)n1. The number of hydrogen-bond acceptors (Lipinski definition) is 7. The fourth-order valence-corrected chi connectivity index (χ4v) is 3.22. The summed E-state index contributed by atoms with van der Waals surface area (Å²) in [5.41, 5.74) is 0.778. The highest BCUT2D eigenvalue weighted by Gasteiger charge is 2.13. The minimum absolute atomic E-state index is 0.115. The summed E-state index contributed by atoms with van der Waals surface area (Å²) in [5.74, 6) is 0.891. The van der Waals surface area contributed by atoms with Gasteiger partial charge in [-0.3, -0.25) is 4.79 Å². The van der Waals surface area contributed by atoms with Gasteiger partial charge in [0.2, 0.25) is 5.91 Å². The van der Waals surface area contributed by atoms with Gasteiger partial charge >= 0.3 is 0 Å². The second-order valence-corrected chi connectivity index (χ2v) is 6.90. The first-order valence-electron chi connectivity index (χ1n) is 6.89. The minimum Gasteiger partial charge on any atom is -0.309 e. The van der Waals surface area contributed by atoms with Gasteiger partial charge in [-0.1, -0.05) is 6.07 Å². The second-order valence-electron chi connectivity index (χ2n) is 5.06. The van der Waals surface area contributed by atoms with E-state index in [4.69, 9.17) is 0 Å². The Bertz CT molecular complexity index is 732. The Morgan fingerprint density at radius 2 is 2.13 bits per heavy atom. The van der Waals surface area contributed by atoms with Crippen molar-refractivity contribution in [3.05, 3.63) is 35.2 Å². The first-order chi connectivity index (χ1) is 11.1. The van der Waals surface area contributed by atoms with E-state index in [0.717, 1.165) is 15.6 Å². The van der Waals surface area contributed by atoms with Crippen LogP contribution in [0.4, 0.5) is 5.82 Å². The number of nitrogens with one attached hydrogen (secondary N) is 1. The number of hydrogen-bond donors (Lipinski definition) is 1. The number of thiophene rings is 1. The van der Waals surface area contributed by atoms with Crippen molar-refractivity contribution in [1.29, 1.82) is 0 Å². The van der Waals surface area contributed by atoms with E-state index in [1.165, 1.54) is 11.3 Å². The summed E-state index contributed by atoms with van der Waals surface area (Å²) in [5, 5.41) is 7.42. The van der Waals surface area contributed by atoms with Crippen LogP contribution in [0.3, 0.4) is 0 Å². The molecule has 0 saturated carbocycles. The molecule has 23 heavy (non-hydrogen) atoms. The van der Waals surface area contributed by atoms with Gasteiger partial charge in [0.15, 0.2) is 10.8 Å². The Hall–Kier alpha value is -2.16. The molecule has 0 bridgehead atoms. The molecule has 3 heterocycles. The second kappa shape index (κ2) is 6.95. The van der Waals surface area contributed by atoms with Crippen molar-refractivity contribution >= 4 is 34.4 Å². The van der Waals surface area contributed by atoms with Crippen LogP contribution in [0.5, 0.6) is 0 Å². The third-order valence-corrected chi connectivity index (χ3v) is 4.51. The van der Waals surface area contributed by atoms with Crippen molar-refractivity contribution in [2.24, 2.45) is 0 Å². The van der Waals surface area contributed by atoms with Crippen LogP contribution in [-0.4, -0.2) is 46.4 Å². The number of aromatic nitrogens is 3. The zero-order valence-electron chi connectivity index (χ0n) is 12.7. The topological polar surface area (TPSA) is 71.0 Å². The number of likely N-dealkylation sites (N-methyl/N-ethyl adjacent to an activating group) is 1. The van der Waals surface area contributed by atoms with Gasteiger partial charge in [0.1, 0.15) is 5.82 Å². The van der Waals surface area contributed by atoms with E-state index >= 15 is 0 Å². The van der Waals surface area contributed by atoms with E-state index in [1.807, 2.05) is 37.0 Å². The maximum absolute atomic E-state index is 12.0. The van der Waals surface area contributed by atoms with Crippen LogP contribution < -0.4 is 5.32 Å². The summed E-state index contributed by atoms with van der Waals surface area (Å²) in [7, 11) is 3.69. The molecule has 0 aliphatic heterocycles. The summed E-state index contributed by atoms with van der Waals surface area (Å²) in [6.07, 6.45) is 1.71. The predicted molar refractivity (Wildman–Crippen MR) is 93.6 cm³/mol. The number of nitrogens with zero attached hydrogens (tertiary/aromatic N) is 4. The lowest BCUT2D eigenvalue weighted by Gasteiger charge is -2.11. The molecule has 0 saturated heterocycles. The van der Waals surface area contributed by atoms with Gasteiger partial charge in [-0.25, -0.2) is 15.0 Å². The van der Waals surface area contributed by atoms with E-state index in [9.17, 15) is 4.79 Å². The first-order valence-corrected chi connectivity index (χ1v) is 8.65. The molecule has 0 fully saturated rings. The number of amides is 1. The highest BCUT2D eigenvalue weighted by atomic mass is 32.1. The van der Waals surface area contributed by atoms with Crippen LogP contribution in [0.15, 0.2) is 35.2 Å². The normalized spacial score (nSPS) is 10.9. The number of anilines is 1. The summed E-state index contributed by atoms with van der Waals surface area (Å²) >= 11 is 3.06. The van der Waals surface area contributed by atoms with Gasteiger partial charge in [-0.15, -0.1) is 22.7 Å². The Labute approximate surface area is 141 Å². The molecule has 0 aliphatic rings. The standard InChI is InChI=1S/C15H15N5OS2/c1-20(2)9-13(21)18-12-8-10(11-4-3-6-22-11)17-14(19-12)15-16-5-7-23-15/h3-8H,9H2,1-2H3,(H,17,18,19,21). The molecule has 118 valence electrons. The molecule has 3 aromatic rings. The Balaban J connectivity index is 1.96. The quantitative estimate of drug-likeness (QED) is 0.770. The van der Waals surface area contributed by atoms with E-state index in [0.29, 0.717) is 18.2 Å². The number of carbonyl (C=O) groups is 1. The largest absolute Gasteiger partial charge is 0.309 e. The molecule has 0 unspecified atom stereocenters. The molecular formula is C15H15N5OS2. The smallest absolute Gasteiger partial charge is 0.239 e. The molecule has 3 rings (SSSR count). The molecule has 0 atom stereocenters. The molecule has 1 N–H and O–H groups in total. The molecule has 6 nitrogen and oxygen atoms in total. The molecule has 0 aliphatic carbocycles. The summed E-state index contributed by atoms with van der Waals surface area (Å²) < 4.78 is 0. The zero-order chi connectivity index (χ0) is 16.2. The highest BCUT2D eigenvalue weighted by Crippen LogP contribution is 2.28. The molecule has 0 spiro atoms. The molecule has 1 amide bonds.